The maximum atomic E-state index is 13.2. The third-order valence-electron chi connectivity index (χ3n) is 2.85. The van der Waals surface area contributed by atoms with Gasteiger partial charge in [0.25, 0.3) is 0 Å². The average molecular weight is 208 g/mol. The zero-order valence-corrected chi connectivity index (χ0v) is 9.04. The summed E-state index contributed by atoms with van der Waals surface area (Å²) >= 11 is 0. The lowest BCUT2D eigenvalue weighted by atomic mass is 10.1. The number of aryl methyl sites for hydroxylation is 1. The van der Waals surface area contributed by atoms with Crippen LogP contribution in [0.25, 0.3) is 0 Å². The molecule has 82 valence electrons. The first-order valence-corrected chi connectivity index (χ1v) is 5.43. The van der Waals surface area contributed by atoms with Gasteiger partial charge in [-0.15, -0.1) is 0 Å². The molecule has 2 nitrogen and oxygen atoms in total. The largest absolute Gasteiger partial charge is 0.370 e. The lowest BCUT2D eigenvalue weighted by molar-refractivity contribution is 0.505. The van der Waals surface area contributed by atoms with Gasteiger partial charge in [0.05, 0.1) is 0 Å². The van der Waals surface area contributed by atoms with Gasteiger partial charge in [-0.3, -0.25) is 0 Å². The van der Waals surface area contributed by atoms with Crippen LogP contribution in [0, 0.1) is 12.7 Å². The lowest BCUT2D eigenvalue weighted by Crippen LogP contribution is -2.42. The van der Waals surface area contributed by atoms with Gasteiger partial charge in [0.15, 0.2) is 0 Å². The maximum Gasteiger partial charge on any atom is 0.125 e. The molecule has 1 aliphatic rings. The molecule has 3 heteroatoms. The van der Waals surface area contributed by atoms with Crippen molar-refractivity contribution in [1.29, 1.82) is 0 Å². The minimum atomic E-state index is -0.163. The van der Waals surface area contributed by atoms with Crippen molar-refractivity contribution in [3.63, 3.8) is 0 Å². The summed E-state index contributed by atoms with van der Waals surface area (Å²) in [5.41, 5.74) is 7.83. The maximum absolute atomic E-state index is 13.2. The third kappa shape index (κ3) is 2.48. The van der Waals surface area contributed by atoms with E-state index in [2.05, 4.69) is 4.90 Å². The van der Waals surface area contributed by atoms with Crippen LogP contribution in [0.3, 0.4) is 0 Å². The fourth-order valence-electron chi connectivity index (χ4n) is 2.14. The van der Waals surface area contributed by atoms with E-state index in [1.54, 1.807) is 12.1 Å². The molecular weight excluding hydrogens is 191 g/mol. The van der Waals surface area contributed by atoms with Gasteiger partial charge in [-0.25, -0.2) is 4.39 Å². The summed E-state index contributed by atoms with van der Waals surface area (Å²) in [5, 5.41) is 0. The van der Waals surface area contributed by atoms with Crippen molar-refractivity contribution < 1.29 is 4.39 Å². The Morgan fingerprint density at radius 1 is 1.40 bits per heavy atom. The van der Waals surface area contributed by atoms with E-state index in [4.69, 9.17) is 5.73 Å². The lowest BCUT2D eigenvalue weighted by Gasteiger charge is -2.32. The van der Waals surface area contributed by atoms with Gasteiger partial charge in [-0.05, 0) is 43.5 Å². The van der Waals surface area contributed by atoms with E-state index in [-0.39, 0.29) is 11.9 Å². The fourth-order valence-corrected chi connectivity index (χ4v) is 2.14. The number of hydrogen-bond donors (Lipinski definition) is 1. The Morgan fingerprint density at radius 3 is 2.87 bits per heavy atom. The second-order valence-electron chi connectivity index (χ2n) is 4.34. The van der Waals surface area contributed by atoms with Gasteiger partial charge in [-0.2, -0.15) is 0 Å². The number of hydrogen-bond acceptors (Lipinski definition) is 2. The fraction of sp³-hybridized carbons (Fsp3) is 0.500. The Labute approximate surface area is 89.9 Å². The molecule has 1 fully saturated rings. The van der Waals surface area contributed by atoms with Crippen molar-refractivity contribution in [3.8, 4) is 0 Å². The molecular formula is C12H17FN2. The van der Waals surface area contributed by atoms with E-state index in [1.165, 1.54) is 0 Å². The highest BCUT2D eigenvalue weighted by Crippen LogP contribution is 2.21. The van der Waals surface area contributed by atoms with Crippen LogP contribution < -0.4 is 10.6 Å². The van der Waals surface area contributed by atoms with Crippen molar-refractivity contribution >= 4 is 5.69 Å². The predicted molar refractivity (Wildman–Crippen MR) is 60.6 cm³/mol. The summed E-state index contributed by atoms with van der Waals surface area (Å²) in [4.78, 5) is 2.17. The normalized spacial score (nSPS) is 21.8. The predicted octanol–water partition coefficient (Wildman–Crippen LogP) is 2.06. The van der Waals surface area contributed by atoms with Crippen LogP contribution in [-0.2, 0) is 0 Å². The van der Waals surface area contributed by atoms with Gasteiger partial charge in [-0.1, -0.05) is 0 Å². The van der Waals surface area contributed by atoms with Crippen molar-refractivity contribution in [2.45, 2.75) is 25.8 Å². The molecule has 0 bridgehead atoms. The highest BCUT2D eigenvalue weighted by atomic mass is 19.1. The summed E-state index contributed by atoms with van der Waals surface area (Å²) in [7, 11) is 0. The Morgan fingerprint density at radius 2 is 2.20 bits per heavy atom. The molecule has 1 aliphatic heterocycles. The summed E-state index contributed by atoms with van der Waals surface area (Å²) in [6.45, 7) is 3.73. The number of rotatable bonds is 1. The van der Waals surface area contributed by atoms with E-state index in [0.717, 1.165) is 37.2 Å². The van der Waals surface area contributed by atoms with Crippen LogP contribution in [-0.4, -0.2) is 19.1 Å². The van der Waals surface area contributed by atoms with Crippen LogP contribution in [0.1, 0.15) is 18.4 Å². The first-order chi connectivity index (χ1) is 7.15. The SMILES string of the molecule is Cc1cc(F)cc(N2CCCC(N)C2)c1. The van der Waals surface area contributed by atoms with Crippen LogP contribution >= 0.6 is 0 Å². The van der Waals surface area contributed by atoms with Crippen molar-refractivity contribution in [2.75, 3.05) is 18.0 Å². The monoisotopic (exact) mass is 208 g/mol. The first kappa shape index (κ1) is 10.4. The van der Waals surface area contributed by atoms with E-state index in [0.29, 0.717) is 0 Å². The molecule has 2 N–H and O–H groups in total. The molecule has 2 rings (SSSR count). The summed E-state index contributed by atoms with van der Waals surface area (Å²) in [6, 6.07) is 5.38. The quantitative estimate of drug-likeness (QED) is 0.765. The second-order valence-corrected chi connectivity index (χ2v) is 4.34. The third-order valence-corrected chi connectivity index (χ3v) is 2.85. The molecule has 1 unspecified atom stereocenters. The molecule has 1 aromatic rings. The Bertz CT molecular complexity index is 331. The Hall–Kier alpha value is -1.09. The topological polar surface area (TPSA) is 29.3 Å². The van der Waals surface area contributed by atoms with Crippen LogP contribution in [0.4, 0.5) is 10.1 Å². The molecule has 1 atom stereocenters. The number of nitrogens with two attached hydrogens (primary N) is 1. The molecule has 1 heterocycles. The molecule has 0 aromatic heterocycles. The molecule has 0 amide bonds. The smallest absolute Gasteiger partial charge is 0.125 e. The summed E-state index contributed by atoms with van der Waals surface area (Å²) in [6.07, 6.45) is 2.17. The van der Waals surface area contributed by atoms with Crippen molar-refractivity contribution in [2.24, 2.45) is 5.73 Å². The van der Waals surface area contributed by atoms with Crippen LogP contribution in [0.15, 0.2) is 18.2 Å². The van der Waals surface area contributed by atoms with Gasteiger partial charge in [0.1, 0.15) is 5.82 Å². The molecule has 1 saturated heterocycles. The van der Waals surface area contributed by atoms with Crippen LogP contribution in [0.2, 0.25) is 0 Å². The highest BCUT2D eigenvalue weighted by Gasteiger charge is 2.17. The van der Waals surface area contributed by atoms with Crippen molar-refractivity contribution in [1.82, 2.24) is 0 Å². The number of benzene rings is 1. The highest BCUT2D eigenvalue weighted by molar-refractivity contribution is 5.49. The molecule has 0 radical (unpaired) electrons. The van der Waals surface area contributed by atoms with E-state index in [1.807, 2.05) is 13.0 Å². The zero-order valence-electron chi connectivity index (χ0n) is 9.04. The number of nitrogens with zero attached hydrogens (tertiary/aromatic N) is 1. The van der Waals surface area contributed by atoms with E-state index < -0.39 is 0 Å². The molecule has 1 aromatic carbocycles. The molecule has 15 heavy (non-hydrogen) atoms. The van der Waals surface area contributed by atoms with Gasteiger partial charge < -0.3 is 10.6 Å². The molecule has 0 aliphatic carbocycles. The Kier molecular flexibility index (Phi) is 2.91. The van der Waals surface area contributed by atoms with Gasteiger partial charge in [0.2, 0.25) is 0 Å². The van der Waals surface area contributed by atoms with Crippen molar-refractivity contribution in [3.05, 3.63) is 29.6 Å². The minimum Gasteiger partial charge on any atom is -0.370 e. The first-order valence-electron chi connectivity index (χ1n) is 5.43. The van der Waals surface area contributed by atoms with E-state index >= 15 is 0 Å². The van der Waals surface area contributed by atoms with Crippen LogP contribution in [0.5, 0.6) is 0 Å². The summed E-state index contributed by atoms with van der Waals surface area (Å²) < 4.78 is 13.2. The number of piperidine rings is 1. The standard InChI is InChI=1S/C12H17FN2/c1-9-5-10(13)7-12(6-9)15-4-2-3-11(14)8-15/h5-7,11H,2-4,8,14H2,1H3. The molecule has 0 saturated carbocycles. The average Bonchev–Trinajstić information content (AvgIpc) is 2.16. The van der Waals surface area contributed by atoms with Gasteiger partial charge in [0, 0.05) is 24.8 Å². The zero-order chi connectivity index (χ0) is 10.8. The molecule has 0 spiro atoms. The Balaban J connectivity index is 2.20. The summed E-state index contributed by atoms with van der Waals surface area (Å²) in [5.74, 6) is -0.163. The second kappa shape index (κ2) is 4.19. The van der Waals surface area contributed by atoms with E-state index in [9.17, 15) is 4.39 Å². The van der Waals surface area contributed by atoms with Gasteiger partial charge >= 0.3 is 0 Å². The number of anilines is 1. The number of halogens is 1. The minimum absolute atomic E-state index is 0.163.